The summed E-state index contributed by atoms with van der Waals surface area (Å²) in [5.41, 5.74) is -2.07. The Morgan fingerprint density at radius 2 is 1.84 bits per heavy atom. The number of ether oxygens (including phenoxy) is 1. The number of benzene rings is 1. The number of aromatic hydroxyl groups is 2. The Balaban J connectivity index is 3.18. The van der Waals surface area contributed by atoms with Gasteiger partial charge in [-0.3, -0.25) is 9.35 Å². The van der Waals surface area contributed by atoms with Gasteiger partial charge in [-0.05, 0) is 13.0 Å². The molecule has 0 saturated carbocycles. The van der Waals surface area contributed by atoms with Crippen molar-refractivity contribution in [1.29, 1.82) is 0 Å². The van der Waals surface area contributed by atoms with Gasteiger partial charge in [-0.1, -0.05) is 6.58 Å². The molecule has 8 heteroatoms. The molecule has 0 radical (unpaired) electrons. The van der Waals surface area contributed by atoms with Crippen LogP contribution in [0, 0.1) is 0 Å². The third-order valence-corrected chi connectivity index (χ3v) is 3.04. The van der Waals surface area contributed by atoms with E-state index in [2.05, 4.69) is 6.58 Å². The van der Waals surface area contributed by atoms with Gasteiger partial charge in [0.1, 0.15) is 22.8 Å². The Bertz CT molecular complexity index is 595. The van der Waals surface area contributed by atoms with E-state index in [0.29, 0.717) is 0 Å². The number of hydrogen-bond donors (Lipinski definition) is 3. The van der Waals surface area contributed by atoms with Gasteiger partial charge in [-0.2, -0.15) is 8.42 Å². The van der Waals surface area contributed by atoms with E-state index in [9.17, 15) is 23.4 Å². The Labute approximate surface area is 109 Å². The fourth-order valence-corrected chi connectivity index (χ4v) is 1.86. The number of Topliss-reactive ketones (excluding diaryl/α,β-unsaturated/α-hetero) is 1. The van der Waals surface area contributed by atoms with Crippen molar-refractivity contribution >= 4 is 15.9 Å². The van der Waals surface area contributed by atoms with Gasteiger partial charge < -0.3 is 14.9 Å². The summed E-state index contributed by atoms with van der Waals surface area (Å²) < 4.78 is 35.4. The molecule has 0 bridgehead atoms. The summed E-state index contributed by atoms with van der Waals surface area (Å²) in [6.45, 7) is 4.31. The van der Waals surface area contributed by atoms with E-state index in [1.54, 1.807) is 0 Å². The smallest absolute Gasteiger partial charge is 0.307 e. The Morgan fingerprint density at radius 3 is 2.16 bits per heavy atom. The lowest BCUT2D eigenvalue weighted by Gasteiger charge is -2.14. The van der Waals surface area contributed by atoms with Crippen molar-refractivity contribution in [2.45, 2.75) is 12.4 Å². The average molecular weight is 288 g/mol. The second-order valence-corrected chi connectivity index (χ2v) is 5.12. The molecule has 3 N–H and O–H groups in total. The predicted octanol–water partition coefficient (Wildman–Crippen LogP) is 1.08. The minimum absolute atomic E-state index is 0.248. The van der Waals surface area contributed by atoms with Gasteiger partial charge in [0, 0.05) is 12.1 Å². The van der Waals surface area contributed by atoms with Crippen LogP contribution in [0.1, 0.15) is 17.3 Å². The van der Waals surface area contributed by atoms with E-state index in [1.807, 2.05) is 0 Å². The number of phenolic OH excluding ortho intramolecular Hbond substituents is 2. The third kappa shape index (κ3) is 3.46. The highest BCUT2D eigenvalue weighted by Crippen LogP contribution is 2.33. The number of carbonyl (C=O) groups excluding carboxylic acids is 1. The average Bonchev–Trinajstić information content (AvgIpc) is 2.22. The van der Waals surface area contributed by atoms with Gasteiger partial charge in [0.2, 0.25) is 5.44 Å². The topological polar surface area (TPSA) is 121 Å². The first-order chi connectivity index (χ1) is 8.66. The van der Waals surface area contributed by atoms with Crippen LogP contribution in [0.2, 0.25) is 0 Å². The molecule has 0 saturated heterocycles. The summed E-state index contributed by atoms with van der Waals surface area (Å²) in [5.74, 6) is -1.96. The van der Waals surface area contributed by atoms with E-state index in [1.165, 1.54) is 0 Å². The van der Waals surface area contributed by atoms with Crippen molar-refractivity contribution in [2.75, 3.05) is 0 Å². The summed E-state index contributed by atoms with van der Waals surface area (Å²) >= 11 is 0. The number of ketones is 1. The maximum absolute atomic E-state index is 11.1. The van der Waals surface area contributed by atoms with Crippen LogP contribution in [0.25, 0.3) is 0 Å². The second-order valence-electron chi connectivity index (χ2n) is 3.63. The van der Waals surface area contributed by atoms with Crippen molar-refractivity contribution in [3.8, 4) is 17.2 Å². The molecule has 0 aliphatic rings. The first kappa shape index (κ1) is 15.0. The summed E-state index contributed by atoms with van der Waals surface area (Å²) in [7, 11) is -4.54. The molecule has 7 nitrogen and oxygen atoms in total. The minimum atomic E-state index is -4.54. The van der Waals surface area contributed by atoms with Gasteiger partial charge in [0.15, 0.2) is 5.78 Å². The zero-order chi connectivity index (χ0) is 14.8. The molecule has 0 fully saturated rings. The van der Waals surface area contributed by atoms with E-state index in [0.717, 1.165) is 25.1 Å². The quantitative estimate of drug-likeness (QED) is 0.421. The van der Waals surface area contributed by atoms with Crippen LogP contribution in [-0.2, 0) is 10.1 Å². The fraction of sp³-hybridized carbons (Fsp3) is 0.182. The molecule has 0 aromatic heterocycles. The Hall–Kier alpha value is -2.06. The summed E-state index contributed by atoms with van der Waals surface area (Å²) in [4.78, 5) is 11.1. The molecule has 0 spiro atoms. The molecule has 1 rings (SSSR count). The molecule has 0 heterocycles. The molecule has 0 aliphatic carbocycles. The summed E-state index contributed by atoms with van der Waals surface area (Å²) in [6.07, 6.45) is 0.822. The molecule has 1 aromatic rings. The molecular formula is C11H12O7S. The highest BCUT2D eigenvalue weighted by Gasteiger charge is 2.23. The normalized spacial score (nSPS) is 12.7. The number of carbonyl (C=O) groups is 1. The second kappa shape index (κ2) is 5.29. The number of hydrogen-bond acceptors (Lipinski definition) is 6. The van der Waals surface area contributed by atoms with E-state index >= 15 is 0 Å². The minimum Gasteiger partial charge on any atom is -0.507 e. The zero-order valence-electron chi connectivity index (χ0n) is 9.90. The standard InChI is InChI=1S/C11H12O7S/c1-3-10(19(15,16)17)18-7-4-8(13)11(6(2)12)9(14)5-7/h3-5,10,13-14H,1H2,2H3,(H,15,16,17). The maximum Gasteiger partial charge on any atom is 0.307 e. The third-order valence-electron chi connectivity index (χ3n) is 2.16. The molecular weight excluding hydrogens is 276 g/mol. The van der Waals surface area contributed by atoms with Crippen LogP contribution in [0.3, 0.4) is 0 Å². The van der Waals surface area contributed by atoms with Crippen molar-refractivity contribution in [3.63, 3.8) is 0 Å². The van der Waals surface area contributed by atoms with Crippen molar-refractivity contribution in [2.24, 2.45) is 0 Å². The number of phenols is 2. The Kier molecular flexibility index (Phi) is 4.17. The number of rotatable bonds is 5. The maximum atomic E-state index is 11.1. The summed E-state index contributed by atoms with van der Waals surface area (Å²) in [6, 6.07) is 1.89. The molecule has 1 atom stereocenters. The SMILES string of the molecule is C=CC(Oc1cc(O)c(C(C)=O)c(O)c1)S(=O)(=O)O. The molecule has 1 aromatic carbocycles. The Morgan fingerprint density at radius 1 is 1.37 bits per heavy atom. The van der Waals surface area contributed by atoms with Gasteiger partial charge in [0.25, 0.3) is 0 Å². The highest BCUT2D eigenvalue weighted by atomic mass is 32.2. The van der Waals surface area contributed by atoms with Gasteiger partial charge in [0.05, 0.1) is 0 Å². The van der Waals surface area contributed by atoms with Crippen LogP contribution in [0.5, 0.6) is 17.2 Å². The lowest BCUT2D eigenvalue weighted by molar-refractivity contribution is 0.101. The monoisotopic (exact) mass is 288 g/mol. The predicted molar refractivity (Wildman–Crippen MR) is 65.9 cm³/mol. The van der Waals surface area contributed by atoms with E-state index in [-0.39, 0.29) is 11.3 Å². The lowest BCUT2D eigenvalue weighted by Crippen LogP contribution is -2.24. The van der Waals surface area contributed by atoms with E-state index in [4.69, 9.17) is 9.29 Å². The van der Waals surface area contributed by atoms with Crippen LogP contribution in [-0.4, -0.2) is 34.4 Å². The van der Waals surface area contributed by atoms with E-state index < -0.39 is 32.8 Å². The van der Waals surface area contributed by atoms with Crippen molar-refractivity contribution < 1.29 is 32.7 Å². The van der Waals surface area contributed by atoms with Gasteiger partial charge >= 0.3 is 10.1 Å². The van der Waals surface area contributed by atoms with Crippen LogP contribution >= 0.6 is 0 Å². The van der Waals surface area contributed by atoms with Crippen molar-refractivity contribution in [3.05, 3.63) is 30.4 Å². The summed E-state index contributed by atoms with van der Waals surface area (Å²) in [5, 5.41) is 19.1. The first-order valence-corrected chi connectivity index (χ1v) is 6.49. The highest BCUT2D eigenvalue weighted by molar-refractivity contribution is 7.86. The van der Waals surface area contributed by atoms with Crippen molar-refractivity contribution in [1.82, 2.24) is 0 Å². The van der Waals surface area contributed by atoms with Gasteiger partial charge in [-0.15, -0.1) is 0 Å². The molecule has 1 unspecified atom stereocenters. The first-order valence-electron chi connectivity index (χ1n) is 4.99. The largest absolute Gasteiger partial charge is 0.507 e. The van der Waals surface area contributed by atoms with Crippen LogP contribution < -0.4 is 4.74 Å². The zero-order valence-corrected chi connectivity index (χ0v) is 10.7. The fourth-order valence-electron chi connectivity index (χ4n) is 1.38. The van der Waals surface area contributed by atoms with Gasteiger partial charge in [-0.25, -0.2) is 0 Å². The molecule has 0 amide bonds. The lowest BCUT2D eigenvalue weighted by atomic mass is 10.1. The molecule has 104 valence electrons. The molecule has 19 heavy (non-hydrogen) atoms. The van der Waals surface area contributed by atoms with Crippen LogP contribution in [0.15, 0.2) is 24.8 Å². The molecule has 0 aliphatic heterocycles. The van der Waals surface area contributed by atoms with Crippen LogP contribution in [0.4, 0.5) is 0 Å².